The fourth-order valence-electron chi connectivity index (χ4n) is 2.39. The molecule has 0 spiro atoms. The average Bonchev–Trinajstić information content (AvgIpc) is 2.98. The normalized spacial score (nSPS) is 18.0. The second kappa shape index (κ2) is 7.24. The summed E-state index contributed by atoms with van der Waals surface area (Å²) in [6.07, 6.45) is 2.30. The summed E-state index contributed by atoms with van der Waals surface area (Å²) in [5, 5.41) is 3.13. The molecule has 1 aliphatic rings. The maximum absolute atomic E-state index is 12.5. The highest BCUT2D eigenvalue weighted by molar-refractivity contribution is 5.92. The van der Waals surface area contributed by atoms with E-state index in [0.717, 1.165) is 31.8 Å². The molecule has 1 N–H and O–H groups in total. The van der Waals surface area contributed by atoms with E-state index in [0.29, 0.717) is 18.8 Å². The monoisotopic (exact) mass is 277 g/mol. The number of aromatic nitrogens is 1. The molecule has 0 radical (unpaired) electrons. The standard InChI is InChI=1S/C15H23N3O2/c1-3-16-14-9-5-8-13(17-14)15(19)18(4-2)11-12-7-6-10-20-12/h5,8-9,12H,3-4,6-7,10-11H2,1-2H3,(H,16,17). The van der Waals surface area contributed by atoms with Crippen LogP contribution < -0.4 is 5.32 Å². The fourth-order valence-corrected chi connectivity index (χ4v) is 2.39. The third-order valence-electron chi connectivity index (χ3n) is 3.44. The molecule has 1 aliphatic heterocycles. The Balaban J connectivity index is 2.04. The summed E-state index contributed by atoms with van der Waals surface area (Å²) < 4.78 is 5.61. The molecule has 110 valence electrons. The molecule has 5 heteroatoms. The van der Waals surface area contributed by atoms with E-state index in [1.54, 1.807) is 6.07 Å². The van der Waals surface area contributed by atoms with Crippen LogP contribution in [-0.2, 0) is 4.74 Å². The lowest BCUT2D eigenvalue weighted by molar-refractivity contribution is 0.0535. The van der Waals surface area contributed by atoms with Crippen LogP contribution in [0.15, 0.2) is 18.2 Å². The Morgan fingerprint density at radius 2 is 2.35 bits per heavy atom. The van der Waals surface area contributed by atoms with Gasteiger partial charge in [0.25, 0.3) is 5.91 Å². The van der Waals surface area contributed by atoms with Crippen molar-refractivity contribution in [2.75, 3.05) is 31.6 Å². The van der Waals surface area contributed by atoms with Crippen molar-refractivity contribution in [3.8, 4) is 0 Å². The van der Waals surface area contributed by atoms with Crippen LogP contribution in [0.2, 0.25) is 0 Å². The zero-order valence-electron chi connectivity index (χ0n) is 12.3. The highest BCUT2D eigenvalue weighted by Gasteiger charge is 2.23. The smallest absolute Gasteiger partial charge is 0.272 e. The van der Waals surface area contributed by atoms with Crippen molar-refractivity contribution >= 4 is 11.7 Å². The van der Waals surface area contributed by atoms with Gasteiger partial charge in [0.15, 0.2) is 0 Å². The molecule has 0 bridgehead atoms. The molecule has 1 fully saturated rings. The van der Waals surface area contributed by atoms with Crippen molar-refractivity contribution in [2.24, 2.45) is 0 Å². The predicted octanol–water partition coefficient (Wildman–Crippen LogP) is 2.15. The molecule has 0 saturated carbocycles. The summed E-state index contributed by atoms with van der Waals surface area (Å²) in [4.78, 5) is 18.7. The Kier molecular flexibility index (Phi) is 5.35. The van der Waals surface area contributed by atoms with Gasteiger partial charge in [-0.25, -0.2) is 4.98 Å². The van der Waals surface area contributed by atoms with Gasteiger partial charge >= 0.3 is 0 Å². The maximum atomic E-state index is 12.5. The number of hydrogen-bond donors (Lipinski definition) is 1. The lowest BCUT2D eigenvalue weighted by Crippen LogP contribution is -2.37. The molecule has 1 aromatic heterocycles. The molecule has 1 atom stereocenters. The molecule has 2 heterocycles. The van der Waals surface area contributed by atoms with Gasteiger partial charge in [-0.05, 0) is 38.8 Å². The van der Waals surface area contributed by atoms with Crippen molar-refractivity contribution in [3.05, 3.63) is 23.9 Å². The number of ether oxygens (including phenoxy) is 1. The van der Waals surface area contributed by atoms with Crippen LogP contribution in [0.25, 0.3) is 0 Å². The molecule has 20 heavy (non-hydrogen) atoms. The number of nitrogens with zero attached hydrogens (tertiary/aromatic N) is 2. The van der Waals surface area contributed by atoms with Gasteiger partial charge < -0.3 is 15.0 Å². The summed E-state index contributed by atoms with van der Waals surface area (Å²) in [5.74, 6) is 0.717. The van der Waals surface area contributed by atoms with E-state index in [1.165, 1.54) is 0 Å². The molecule has 1 amide bonds. The Morgan fingerprint density at radius 3 is 3.00 bits per heavy atom. The van der Waals surface area contributed by atoms with Crippen LogP contribution in [0, 0.1) is 0 Å². The van der Waals surface area contributed by atoms with Crippen LogP contribution >= 0.6 is 0 Å². The number of likely N-dealkylation sites (N-methyl/N-ethyl adjacent to an activating group) is 1. The summed E-state index contributed by atoms with van der Waals surface area (Å²) in [6.45, 7) is 6.92. The number of nitrogens with one attached hydrogen (secondary N) is 1. The number of rotatable bonds is 6. The zero-order chi connectivity index (χ0) is 14.4. The van der Waals surface area contributed by atoms with Crippen molar-refractivity contribution in [2.45, 2.75) is 32.8 Å². The summed E-state index contributed by atoms with van der Waals surface area (Å²) >= 11 is 0. The zero-order valence-corrected chi connectivity index (χ0v) is 12.3. The average molecular weight is 277 g/mol. The summed E-state index contributed by atoms with van der Waals surface area (Å²) in [6, 6.07) is 5.50. The number of carbonyl (C=O) groups is 1. The number of anilines is 1. The lowest BCUT2D eigenvalue weighted by atomic mass is 10.2. The van der Waals surface area contributed by atoms with E-state index in [-0.39, 0.29) is 12.0 Å². The van der Waals surface area contributed by atoms with Crippen molar-refractivity contribution in [1.82, 2.24) is 9.88 Å². The van der Waals surface area contributed by atoms with Crippen molar-refractivity contribution in [3.63, 3.8) is 0 Å². The van der Waals surface area contributed by atoms with E-state index in [4.69, 9.17) is 4.74 Å². The maximum Gasteiger partial charge on any atom is 0.272 e. The third-order valence-corrected chi connectivity index (χ3v) is 3.44. The minimum atomic E-state index is -0.0252. The fraction of sp³-hybridized carbons (Fsp3) is 0.600. The second-order valence-corrected chi connectivity index (χ2v) is 4.92. The third kappa shape index (κ3) is 3.70. The number of carbonyl (C=O) groups excluding carboxylic acids is 1. The molecule has 1 unspecified atom stereocenters. The van der Waals surface area contributed by atoms with Crippen LogP contribution in [0.4, 0.5) is 5.82 Å². The highest BCUT2D eigenvalue weighted by Crippen LogP contribution is 2.15. The Bertz CT molecular complexity index is 444. The molecule has 1 saturated heterocycles. The molecular weight excluding hydrogens is 254 g/mol. The van der Waals surface area contributed by atoms with Gasteiger partial charge in [-0.1, -0.05) is 6.07 Å². The van der Waals surface area contributed by atoms with E-state index >= 15 is 0 Å². The van der Waals surface area contributed by atoms with Gasteiger partial charge in [-0.2, -0.15) is 0 Å². The topological polar surface area (TPSA) is 54.5 Å². The lowest BCUT2D eigenvalue weighted by Gasteiger charge is -2.23. The van der Waals surface area contributed by atoms with Crippen molar-refractivity contribution in [1.29, 1.82) is 0 Å². The van der Waals surface area contributed by atoms with Crippen LogP contribution in [0.5, 0.6) is 0 Å². The predicted molar refractivity (Wildman–Crippen MR) is 79.0 cm³/mol. The van der Waals surface area contributed by atoms with E-state index in [1.807, 2.05) is 30.9 Å². The first-order valence-electron chi connectivity index (χ1n) is 7.36. The van der Waals surface area contributed by atoms with Crippen molar-refractivity contribution < 1.29 is 9.53 Å². The summed E-state index contributed by atoms with van der Waals surface area (Å²) in [7, 11) is 0. The Morgan fingerprint density at radius 1 is 1.50 bits per heavy atom. The van der Waals surface area contributed by atoms with E-state index in [9.17, 15) is 4.79 Å². The van der Waals surface area contributed by atoms with Gasteiger partial charge in [0, 0.05) is 26.2 Å². The minimum Gasteiger partial charge on any atom is -0.376 e. The number of hydrogen-bond acceptors (Lipinski definition) is 4. The molecule has 2 rings (SSSR count). The van der Waals surface area contributed by atoms with Gasteiger partial charge in [-0.15, -0.1) is 0 Å². The molecule has 1 aromatic rings. The van der Waals surface area contributed by atoms with Gasteiger partial charge in [0.1, 0.15) is 11.5 Å². The molecule has 5 nitrogen and oxygen atoms in total. The number of pyridine rings is 1. The van der Waals surface area contributed by atoms with Crippen LogP contribution in [0.1, 0.15) is 37.2 Å². The van der Waals surface area contributed by atoms with E-state index < -0.39 is 0 Å². The largest absolute Gasteiger partial charge is 0.376 e. The summed E-state index contributed by atoms with van der Waals surface area (Å²) in [5.41, 5.74) is 0.489. The van der Waals surface area contributed by atoms with Crippen LogP contribution in [-0.4, -0.2) is 48.1 Å². The number of amides is 1. The van der Waals surface area contributed by atoms with Gasteiger partial charge in [0.2, 0.25) is 0 Å². The Hall–Kier alpha value is -1.62. The van der Waals surface area contributed by atoms with E-state index in [2.05, 4.69) is 10.3 Å². The minimum absolute atomic E-state index is 0.0252. The van der Waals surface area contributed by atoms with Gasteiger partial charge in [-0.3, -0.25) is 4.79 Å². The highest BCUT2D eigenvalue weighted by atomic mass is 16.5. The first kappa shape index (κ1) is 14.8. The SMILES string of the molecule is CCNc1cccc(C(=O)N(CC)CC2CCCO2)n1. The first-order valence-corrected chi connectivity index (χ1v) is 7.36. The Labute approximate surface area is 120 Å². The van der Waals surface area contributed by atoms with Gasteiger partial charge in [0.05, 0.1) is 6.10 Å². The molecular formula is C15H23N3O2. The van der Waals surface area contributed by atoms with Crippen LogP contribution in [0.3, 0.4) is 0 Å². The molecule has 0 aliphatic carbocycles. The quantitative estimate of drug-likeness (QED) is 0.865. The molecule has 0 aromatic carbocycles. The first-order chi connectivity index (χ1) is 9.74. The second-order valence-electron chi connectivity index (χ2n) is 4.92.